The Hall–Kier alpha value is -0.410. The molecule has 1 heterocycles. The molecule has 0 aliphatic carbocycles. The van der Waals surface area contributed by atoms with E-state index >= 15 is 0 Å². The molecule has 1 saturated heterocycles. The van der Waals surface area contributed by atoms with Crippen LogP contribution in [0.1, 0.15) is 18.9 Å². The standard InChI is InChI=1S/C10H11BrFN/c1-10(4-5-13-10)7-2-3-9(12)8(11)6-7/h2-3,6,13H,4-5H2,1H3. The van der Waals surface area contributed by atoms with Crippen molar-refractivity contribution in [2.45, 2.75) is 18.9 Å². The quantitative estimate of drug-likeness (QED) is 0.800. The number of halogens is 2. The molecule has 1 aliphatic rings. The molecule has 1 nitrogen and oxygen atoms in total. The van der Waals surface area contributed by atoms with E-state index in [1.165, 1.54) is 6.07 Å². The normalized spacial score (nSPS) is 27.0. The highest BCUT2D eigenvalue weighted by Gasteiger charge is 2.32. The molecule has 1 aromatic rings. The second-order valence-corrected chi connectivity index (χ2v) is 4.49. The van der Waals surface area contributed by atoms with Crippen LogP contribution in [0.25, 0.3) is 0 Å². The number of nitrogens with one attached hydrogen (secondary N) is 1. The van der Waals surface area contributed by atoms with E-state index in [-0.39, 0.29) is 11.4 Å². The second-order valence-electron chi connectivity index (χ2n) is 3.64. The predicted molar refractivity (Wildman–Crippen MR) is 54.1 cm³/mol. The molecule has 0 bridgehead atoms. The van der Waals surface area contributed by atoms with E-state index in [0.717, 1.165) is 18.5 Å². The lowest BCUT2D eigenvalue weighted by atomic mass is 9.83. The fourth-order valence-electron chi connectivity index (χ4n) is 1.59. The number of rotatable bonds is 1. The Bertz CT molecular complexity index is 334. The number of hydrogen-bond acceptors (Lipinski definition) is 1. The zero-order valence-corrected chi connectivity index (χ0v) is 8.99. The third-order valence-corrected chi connectivity index (χ3v) is 3.30. The van der Waals surface area contributed by atoms with Crippen molar-refractivity contribution in [1.82, 2.24) is 5.32 Å². The minimum Gasteiger partial charge on any atom is -0.307 e. The van der Waals surface area contributed by atoms with Crippen LogP contribution in [0.3, 0.4) is 0 Å². The summed E-state index contributed by atoms with van der Waals surface area (Å²) in [5, 5.41) is 3.34. The lowest BCUT2D eigenvalue weighted by Gasteiger charge is -2.40. The molecule has 1 aromatic carbocycles. The first-order valence-corrected chi connectivity index (χ1v) is 5.12. The smallest absolute Gasteiger partial charge is 0.137 e. The minimum absolute atomic E-state index is 0.0518. The fraction of sp³-hybridized carbons (Fsp3) is 0.400. The monoisotopic (exact) mass is 243 g/mol. The van der Waals surface area contributed by atoms with Gasteiger partial charge in [0.15, 0.2) is 0 Å². The van der Waals surface area contributed by atoms with Gasteiger partial charge in [-0.1, -0.05) is 6.07 Å². The highest BCUT2D eigenvalue weighted by molar-refractivity contribution is 9.10. The van der Waals surface area contributed by atoms with E-state index in [0.29, 0.717) is 4.47 Å². The van der Waals surface area contributed by atoms with E-state index in [1.807, 2.05) is 12.1 Å². The zero-order valence-electron chi connectivity index (χ0n) is 7.40. The Balaban J connectivity index is 2.36. The summed E-state index contributed by atoms with van der Waals surface area (Å²) in [6, 6.07) is 5.19. The van der Waals surface area contributed by atoms with E-state index < -0.39 is 0 Å². The Morgan fingerprint density at radius 2 is 2.23 bits per heavy atom. The van der Waals surface area contributed by atoms with E-state index in [1.54, 1.807) is 0 Å². The first-order valence-electron chi connectivity index (χ1n) is 4.32. The Morgan fingerprint density at radius 1 is 1.54 bits per heavy atom. The van der Waals surface area contributed by atoms with E-state index in [2.05, 4.69) is 28.2 Å². The van der Waals surface area contributed by atoms with E-state index in [9.17, 15) is 4.39 Å². The van der Waals surface area contributed by atoms with Crippen LogP contribution in [-0.2, 0) is 5.54 Å². The lowest BCUT2D eigenvalue weighted by molar-refractivity contribution is 0.236. The topological polar surface area (TPSA) is 12.0 Å². The minimum atomic E-state index is -0.202. The summed E-state index contributed by atoms with van der Waals surface area (Å²) < 4.78 is 13.5. The van der Waals surface area contributed by atoms with Gasteiger partial charge < -0.3 is 5.32 Å². The largest absolute Gasteiger partial charge is 0.307 e. The molecular formula is C10H11BrFN. The van der Waals surface area contributed by atoms with Gasteiger partial charge in [-0.25, -0.2) is 4.39 Å². The summed E-state index contributed by atoms with van der Waals surface area (Å²) in [4.78, 5) is 0. The van der Waals surface area contributed by atoms with Crippen LogP contribution < -0.4 is 5.32 Å². The first kappa shape index (κ1) is 9.16. The van der Waals surface area contributed by atoms with Gasteiger partial charge in [0.1, 0.15) is 5.82 Å². The van der Waals surface area contributed by atoms with Gasteiger partial charge in [-0.3, -0.25) is 0 Å². The van der Waals surface area contributed by atoms with Crippen molar-refractivity contribution >= 4 is 15.9 Å². The fourth-order valence-corrected chi connectivity index (χ4v) is 1.96. The Labute approximate surface area is 85.5 Å². The second kappa shape index (κ2) is 3.07. The number of hydrogen-bond donors (Lipinski definition) is 1. The zero-order chi connectivity index (χ0) is 9.47. The van der Waals surface area contributed by atoms with Crippen molar-refractivity contribution in [2.24, 2.45) is 0 Å². The van der Waals surface area contributed by atoms with Crippen LogP contribution in [-0.4, -0.2) is 6.54 Å². The van der Waals surface area contributed by atoms with Crippen LogP contribution >= 0.6 is 15.9 Å². The predicted octanol–water partition coefficient (Wildman–Crippen LogP) is 2.80. The highest BCUT2D eigenvalue weighted by atomic mass is 79.9. The van der Waals surface area contributed by atoms with Gasteiger partial charge in [0.25, 0.3) is 0 Å². The summed E-state index contributed by atoms with van der Waals surface area (Å²) in [7, 11) is 0. The molecule has 1 fully saturated rings. The summed E-state index contributed by atoms with van der Waals surface area (Å²) in [6.07, 6.45) is 1.12. The molecule has 0 amide bonds. The van der Waals surface area contributed by atoms with E-state index in [4.69, 9.17) is 0 Å². The summed E-state index contributed by atoms with van der Waals surface area (Å²) in [5.41, 5.74) is 1.20. The van der Waals surface area contributed by atoms with Gasteiger partial charge >= 0.3 is 0 Å². The molecule has 0 radical (unpaired) electrons. The lowest BCUT2D eigenvalue weighted by Crippen LogP contribution is -2.51. The molecule has 1 N–H and O–H groups in total. The molecule has 1 aliphatic heterocycles. The van der Waals surface area contributed by atoms with Crippen LogP contribution in [0.4, 0.5) is 4.39 Å². The molecule has 1 atom stereocenters. The molecule has 3 heteroatoms. The van der Waals surface area contributed by atoms with Crippen molar-refractivity contribution in [3.63, 3.8) is 0 Å². The average molecular weight is 244 g/mol. The van der Waals surface area contributed by atoms with Crippen molar-refractivity contribution in [1.29, 1.82) is 0 Å². The molecule has 13 heavy (non-hydrogen) atoms. The average Bonchev–Trinajstić information content (AvgIpc) is 2.06. The highest BCUT2D eigenvalue weighted by Crippen LogP contribution is 2.32. The van der Waals surface area contributed by atoms with Gasteiger partial charge in [-0.05, 0) is 53.5 Å². The van der Waals surface area contributed by atoms with Gasteiger partial charge in [-0.2, -0.15) is 0 Å². The van der Waals surface area contributed by atoms with Crippen molar-refractivity contribution in [3.8, 4) is 0 Å². The third-order valence-electron chi connectivity index (χ3n) is 2.70. The molecule has 1 unspecified atom stereocenters. The van der Waals surface area contributed by atoms with Crippen LogP contribution in [0.2, 0.25) is 0 Å². The molecule has 0 spiro atoms. The third kappa shape index (κ3) is 1.51. The summed E-state index contributed by atoms with van der Waals surface area (Å²) in [5.74, 6) is -0.202. The van der Waals surface area contributed by atoms with Crippen molar-refractivity contribution in [2.75, 3.05) is 6.54 Å². The molecule has 0 saturated carbocycles. The summed E-state index contributed by atoms with van der Waals surface area (Å²) in [6.45, 7) is 3.18. The molecule has 0 aromatic heterocycles. The molecule has 70 valence electrons. The Kier molecular flexibility index (Phi) is 2.16. The summed E-state index contributed by atoms with van der Waals surface area (Å²) >= 11 is 3.19. The maximum atomic E-state index is 12.9. The molecule has 2 rings (SSSR count). The molecular weight excluding hydrogens is 233 g/mol. The number of benzene rings is 1. The van der Waals surface area contributed by atoms with Crippen molar-refractivity contribution in [3.05, 3.63) is 34.1 Å². The van der Waals surface area contributed by atoms with Crippen LogP contribution in [0.15, 0.2) is 22.7 Å². The van der Waals surface area contributed by atoms with Gasteiger partial charge in [0.2, 0.25) is 0 Å². The Morgan fingerprint density at radius 3 is 2.69 bits per heavy atom. The van der Waals surface area contributed by atoms with Crippen LogP contribution in [0.5, 0.6) is 0 Å². The van der Waals surface area contributed by atoms with Crippen LogP contribution in [0, 0.1) is 5.82 Å². The van der Waals surface area contributed by atoms with Gasteiger partial charge in [-0.15, -0.1) is 0 Å². The maximum Gasteiger partial charge on any atom is 0.137 e. The van der Waals surface area contributed by atoms with Gasteiger partial charge in [0.05, 0.1) is 4.47 Å². The van der Waals surface area contributed by atoms with Gasteiger partial charge in [0, 0.05) is 5.54 Å². The SMILES string of the molecule is CC1(c2ccc(F)c(Br)c2)CCN1. The van der Waals surface area contributed by atoms with Crippen molar-refractivity contribution < 1.29 is 4.39 Å². The maximum absolute atomic E-state index is 12.9. The first-order chi connectivity index (χ1) is 6.12.